The molecule has 6 nitrogen and oxygen atoms in total. The predicted molar refractivity (Wildman–Crippen MR) is 120 cm³/mol. The fourth-order valence-corrected chi connectivity index (χ4v) is 4.79. The summed E-state index contributed by atoms with van der Waals surface area (Å²) in [4.78, 5) is 12.8. The lowest BCUT2D eigenvalue weighted by Crippen LogP contribution is -2.32. The van der Waals surface area contributed by atoms with Gasteiger partial charge in [0.15, 0.2) is 6.10 Å². The quantitative estimate of drug-likeness (QED) is 0.599. The number of hydrogen-bond acceptors (Lipinski definition) is 4. The van der Waals surface area contributed by atoms with E-state index < -0.39 is 16.1 Å². The number of benzene rings is 2. The van der Waals surface area contributed by atoms with Crippen molar-refractivity contribution >= 4 is 21.6 Å². The van der Waals surface area contributed by atoms with Crippen LogP contribution < -0.4 is 10.1 Å². The number of hydrogen-bond donors (Lipinski definition) is 1. The highest BCUT2D eigenvalue weighted by molar-refractivity contribution is 7.89. The average Bonchev–Trinajstić information content (AvgIpc) is 2.71. The number of ether oxygens (including phenoxy) is 1. The van der Waals surface area contributed by atoms with E-state index in [1.807, 2.05) is 45.9 Å². The number of nitrogens with zero attached hydrogens (tertiary/aromatic N) is 1. The molecule has 164 valence electrons. The number of carbonyl (C=O) groups is 1. The largest absolute Gasteiger partial charge is 0.480 e. The number of aryl methyl sites for hydroxylation is 2. The van der Waals surface area contributed by atoms with Crippen molar-refractivity contribution < 1.29 is 17.9 Å². The van der Waals surface area contributed by atoms with Gasteiger partial charge >= 0.3 is 0 Å². The molecule has 0 radical (unpaired) electrons. The molecule has 0 spiro atoms. The van der Waals surface area contributed by atoms with Crippen molar-refractivity contribution in [1.29, 1.82) is 0 Å². The van der Waals surface area contributed by atoms with E-state index in [0.717, 1.165) is 24.0 Å². The first-order valence-corrected chi connectivity index (χ1v) is 11.8. The van der Waals surface area contributed by atoms with Gasteiger partial charge in [-0.1, -0.05) is 32.0 Å². The molecule has 0 saturated heterocycles. The summed E-state index contributed by atoms with van der Waals surface area (Å²) in [5, 5.41) is 2.79. The molecule has 0 heterocycles. The highest BCUT2D eigenvalue weighted by Gasteiger charge is 2.23. The second-order valence-corrected chi connectivity index (χ2v) is 9.34. The van der Waals surface area contributed by atoms with Crippen LogP contribution in [0.4, 0.5) is 5.69 Å². The van der Waals surface area contributed by atoms with Crippen LogP contribution in [-0.4, -0.2) is 37.8 Å². The Morgan fingerprint density at radius 2 is 1.53 bits per heavy atom. The number of amides is 1. The van der Waals surface area contributed by atoms with Crippen LogP contribution in [0, 0.1) is 13.8 Å². The summed E-state index contributed by atoms with van der Waals surface area (Å²) < 4.78 is 33.0. The smallest absolute Gasteiger partial charge is 0.265 e. The van der Waals surface area contributed by atoms with E-state index in [0.29, 0.717) is 24.5 Å². The van der Waals surface area contributed by atoms with Gasteiger partial charge in [0, 0.05) is 18.8 Å². The highest BCUT2D eigenvalue weighted by Crippen LogP contribution is 2.24. The summed E-state index contributed by atoms with van der Waals surface area (Å²) in [7, 11) is -3.54. The third-order valence-electron chi connectivity index (χ3n) is 4.78. The van der Waals surface area contributed by atoms with E-state index in [1.54, 1.807) is 19.1 Å². The zero-order valence-corrected chi connectivity index (χ0v) is 19.3. The highest BCUT2D eigenvalue weighted by atomic mass is 32.2. The lowest BCUT2D eigenvalue weighted by atomic mass is 10.1. The monoisotopic (exact) mass is 432 g/mol. The summed E-state index contributed by atoms with van der Waals surface area (Å²) in [6, 6.07) is 12.1. The van der Waals surface area contributed by atoms with Crippen LogP contribution in [0.5, 0.6) is 5.75 Å². The van der Waals surface area contributed by atoms with E-state index in [2.05, 4.69) is 5.32 Å². The van der Waals surface area contributed by atoms with Crippen molar-refractivity contribution in [2.24, 2.45) is 0 Å². The molecule has 2 aromatic carbocycles. The van der Waals surface area contributed by atoms with Crippen LogP contribution in [0.25, 0.3) is 0 Å². The average molecular weight is 433 g/mol. The summed E-state index contributed by atoms with van der Waals surface area (Å²) in [5.74, 6) is 0.403. The van der Waals surface area contributed by atoms with Gasteiger partial charge in [-0.15, -0.1) is 0 Å². The Morgan fingerprint density at radius 3 is 2.03 bits per heavy atom. The Kier molecular flexibility index (Phi) is 8.43. The molecule has 0 bridgehead atoms. The van der Waals surface area contributed by atoms with Crippen molar-refractivity contribution in [3.05, 3.63) is 53.6 Å². The van der Waals surface area contributed by atoms with Crippen molar-refractivity contribution in [3.63, 3.8) is 0 Å². The third-order valence-corrected chi connectivity index (χ3v) is 6.69. The van der Waals surface area contributed by atoms with Gasteiger partial charge in [0.1, 0.15) is 5.75 Å². The van der Waals surface area contributed by atoms with E-state index in [4.69, 9.17) is 4.74 Å². The molecular weight excluding hydrogens is 400 g/mol. The Morgan fingerprint density at radius 1 is 1.00 bits per heavy atom. The number of sulfonamides is 1. The van der Waals surface area contributed by atoms with E-state index in [9.17, 15) is 13.2 Å². The lowest BCUT2D eigenvalue weighted by Gasteiger charge is -2.21. The van der Waals surface area contributed by atoms with Crippen LogP contribution in [-0.2, 0) is 14.8 Å². The van der Waals surface area contributed by atoms with Gasteiger partial charge in [-0.25, -0.2) is 8.42 Å². The fourth-order valence-electron chi connectivity index (χ4n) is 3.17. The first-order chi connectivity index (χ1) is 14.2. The number of carbonyl (C=O) groups excluding carboxylic acids is 1. The van der Waals surface area contributed by atoms with E-state index in [-0.39, 0.29) is 10.8 Å². The maximum Gasteiger partial charge on any atom is 0.265 e. The van der Waals surface area contributed by atoms with Crippen LogP contribution in [0.1, 0.15) is 44.7 Å². The van der Waals surface area contributed by atoms with Crippen molar-refractivity contribution in [3.8, 4) is 5.75 Å². The Bertz CT molecular complexity index is 929. The minimum absolute atomic E-state index is 0.224. The zero-order chi connectivity index (χ0) is 22.3. The maximum absolute atomic E-state index is 12.8. The molecule has 0 aliphatic heterocycles. The Labute approximate surface area is 180 Å². The molecule has 0 aliphatic carbocycles. The van der Waals surface area contributed by atoms with Crippen LogP contribution >= 0.6 is 0 Å². The van der Waals surface area contributed by atoms with Gasteiger partial charge in [-0.05, 0) is 69.0 Å². The molecule has 2 rings (SSSR count). The maximum atomic E-state index is 12.8. The van der Waals surface area contributed by atoms with Gasteiger partial charge in [0.25, 0.3) is 5.91 Å². The summed E-state index contributed by atoms with van der Waals surface area (Å²) in [6.45, 7) is 10.5. The second-order valence-electron chi connectivity index (χ2n) is 7.40. The topological polar surface area (TPSA) is 75.7 Å². The number of para-hydroxylation sites is 1. The lowest BCUT2D eigenvalue weighted by molar-refractivity contribution is -0.122. The zero-order valence-electron chi connectivity index (χ0n) is 18.4. The molecule has 7 heteroatoms. The van der Waals surface area contributed by atoms with Gasteiger partial charge in [-0.3, -0.25) is 4.79 Å². The van der Waals surface area contributed by atoms with Crippen molar-refractivity contribution in [1.82, 2.24) is 4.31 Å². The molecule has 0 saturated carbocycles. The van der Waals surface area contributed by atoms with Crippen LogP contribution in [0.2, 0.25) is 0 Å². The third kappa shape index (κ3) is 5.83. The minimum Gasteiger partial charge on any atom is -0.480 e. The van der Waals surface area contributed by atoms with E-state index in [1.165, 1.54) is 16.4 Å². The molecular formula is C23H32N2O4S. The molecule has 1 unspecified atom stereocenters. The molecule has 30 heavy (non-hydrogen) atoms. The van der Waals surface area contributed by atoms with Gasteiger partial charge < -0.3 is 10.1 Å². The van der Waals surface area contributed by atoms with Gasteiger partial charge in [-0.2, -0.15) is 4.31 Å². The predicted octanol–water partition coefficient (Wildman–Crippen LogP) is 4.52. The van der Waals surface area contributed by atoms with Crippen LogP contribution in [0.3, 0.4) is 0 Å². The Balaban J connectivity index is 2.08. The molecule has 1 N–H and O–H groups in total. The van der Waals surface area contributed by atoms with Gasteiger partial charge in [0.2, 0.25) is 10.0 Å². The number of anilines is 1. The first-order valence-electron chi connectivity index (χ1n) is 10.3. The molecule has 0 aliphatic rings. The molecule has 0 aromatic heterocycles. The summed E-state index contributed by atoms with van der Waals surface area (Å²) in [5.41, 5.74) is 2.45. The molecule has 1 atom stereocenters. The van der Waals surface area contributed by atoms with Crippen molar-refractivity contribution in [2.45, 2.75) is 58.5 Å². The number of nitrogens with one attached hydrogen (secondary N) is 1. The van der Waals surface area contributed by atoms with E-state index >= 15 is 0 Å². The molecule has 2 aromatic rings. The molecule has 0 fully saturated rings. The minimum atomic E-state index is -3.54. The van der Waals surface area contributed by atoms with Gasteiger partial charge in [0.05, 0.1) is 4.90 Å². The SMILES string of the molecule is CCCN(CCC)S(=O)(=O)c1ccc(NC(=O)C(C)Oc2c(C)cccc2C)cc1. The summed E-state index contributed by atoms with van der Waals surface area (Å²) >= 11 is 0. The first kappa shape index (κ1) is 23.9. The number of rotatable bonds is 10. The normalized spacial score (nSPS) is 12.6. The second kappa shape index (κ2) is 10.6. The Hall–Kier alpha value is -2.38. The molecule has 1 amide bonds. The van der Waals surface area contributed by atoms with Crippen molar-refractivity contribution in [2.75, 3.05) is 18.4 Å². The van der Waals surface area contributed by atoms with Crippen LogP contribution in [0.15, 0.2) is 47.4 Å². The summed E-state index contributed by atoms with van der Waals surface area (Å²) in [6.07, 6.45) is 0.815. The fraction of sp³-hybridized carbons (Fsp3) is 0.435. The standard InChI is InChI=1S/C23H32N2O4S/c1-6-15-25(16-7-2)30(27,28)21-13-11-20(12-14-21)24-23(26)19(5)29-22-17(3)9-8-10-18(22)4/h8-14,19H,6-7,15-16H2,1-5H3,(H,24,26).